The van der Waals surface area contributed by atoms with Crippen LogP contribution in [0, 0.1) is 0 Å². The predicted octanol–water partition coefficient (Wildman–Crippen LogP) is 1.42. The Morgan fingerprint density at radius 2 is 1.95 bits per heavy atom. The average molecular weight is 326 g/mol. The summed E-state index contributed by atoms with van der Waals surface area (Å²) in [7, 11) is -1.21. The molecule has 0 amide bonds. The Morgan fingerprint density at radius 1 is 1.24 bits per heavy atom. The highest BCUT2D eigenvalue weighted by molar-refractivity contribution is 7.88. The third-order valence-corrected chi connectivity index (χ3v) is 6.00. The molecule has 0 unspecified atom stereocenters. The van der Waals surface area contributed by atoms with E-state index in [1.54, 1.807) is 11.3 Å². The quantitative estimate of drug-likeness (QED) is 0.924. The fraction of sp³-hybridized carbons (Fsp3) is 0.462. The van der Waals surface area contributed by atoms with Crippen molar-refractivity contribution >= 4 is 42.4 Å². The largest absolute Gasteiger partial charge is 0.369 e. The lowest BCUT2D eigenvalue weighted by Gasteiger charge is -2.34. The van der Waals surface area contributed by atoms with Crippen LogP contribution >= 0.6 is 11.3 Å². The van der Waals surface area contributed by atoms with E-state index in [0.717, 1.165) is 34.1 Å². The van der Waals surface area contributed by atoms with Gasteiger partial charge in [-0.3, -0.25) is 0 Å². The Bertz CT molecular complexity index is 749. The molecule has 0 bridgehead atoms. The third-order valence-electron chi connectivity index (χ3n) is 3.66. The fourth-order valence-corrected chi connectivity index (χ4v) is 4.17. The molecule has 6 nitrogen and oxygen atoms in total. The first-order valence-corrected chi connectivity index (χ1v) is 9.42. The molecule has 0 spiro atoms. The van der Waals surface area contributed by atoms with Crippen LogP contribution < -0.4 is 10.2 Å². The molecular weight excluding hydrogens is 308 g/mol. The zero-order valence-corrected chi connectivity index (χ0v) is 13.7. The van der Waals surface area contributed by atoms with E-state index in [9.17, 15) is 8.42 Å². The Morgan fingerprint density at radius 3 is 2.57 bits per heavy atom. The molecule has 2 aromatic rings. The van der Waals surface area contributed by atoms with Crippen molar-refractivity contribution in [2.24, 2.45) is 0 Å². The molecule has 1 saturated heterocycles. The number of nitrogens with zero attached hydrogens (tertiary/aromatic N) is 3. The van der Waals surface area contributed by atoms with Gasteiger partial charge in [-0.1, -0.05) is 11.3 Å². The number of fused-ring (bicyclic) bond motifs is 1. The van der Waals surface area contributed by atoms with Gasteiger partial charge in [0.2, 0.25) is 10.0 Å². The number of hydrogen-bond donors (Lipinski definition) is 1. The minimum atomic E-state index is -3.08. The molecule has 8 heteroatoms. The van der Waals surface area contributed by atoms with E-state index in [1.165, 1.54) is 10.6 Å². The summed E-state index contributed by atoms with van der Waals surface area (Å²) < 4.78 is 25.7. The molecule has 1 aliphatic heterocycles. The lowest BCUT2D eigenvalue weighted by Crippen LogP contribution is -2.48. The summed E-state index contributed by atoms with van der Waals surface area (Å²) in [6.45, 7) is 2.52. The molecule has 1 aliphatic rings. The molecule has 0 aliphatic carbocycles. The van der Waals surface area contributed by atoms with Crippen LogP contribution in [0.3, 0.4) is 0 Å². The second kappa shape index (κ2) is 5.43. The van der Waals surface area contributed by atoms with Crippen molar-refractivity contribution in [3.63, 3.8) is 0 Å². The molecule has 1 aromatic carbocycles. The van der Waals surface area contributed by atoms with Crippen molar-refractivity contribution in [3.05, 3.63) is 18.2 Å². The number of anilines is 2. The smallest absolute Gasteiger partial charge is 0.211 e. The van der Waals surface area contributed by atoms with E-state index in [-0.39, 0.29) is 0 Å². The van der Waals surface area contributed by atoms with E-state index in [1.807, 2.05) is 13.1 Å². The highest BCUT2D eigenvalue weighted by Gasteiger charge is 2.23. The van der Waals surface area contributed by atoms with Crippen LogP contribution in [0.4, 0.5) is 10.8 Å². The van der Waals surface area contributed by atoms with Gasteiger partial charge in [-0.2, -0.15) is 4.31 Å². The van der Waals surface area contributed by atoms with Gasteiger partial charge in [-0.15, -0.1) is 0 Å². The Labute approximate surface area is 128 Å². The summed E-state index contributed by atoms with van der Waals surface area (Å²) in [5.41, 5.74) is 2.12. The molecule has 21 heavy (non-hydrogen) atoms. The van der Waals surface area contributed by atoms with Crippen LogP contribution in [0.5, 0.6) is 0 Å². The normalized spacial score (nSPS) is 17.3. The van der Waals surface area contributed by atoms with Gasteiger partial charge in [0.1, 0.15) is 0 Å². The van der Waals surface area contributed by atoms with Gasteiger partial charge in [0.25, 0.3) is 0 Å². The van der Waals surface area contributed by atoms with E-state index >= 15 is 0 Å². The number of sulfonamides is 1. The SMILES string of the molecule is CNc1nc2ccc(N3CCN(S(C)(=O)=O)CC3)cc2s1. The number of thiazole rings is 1. The van der Waals surface area contributed by atoms with Crippen LogP contribution in [0.25, 0.3) is 10.2 Å². The van der Waals surface area contributed by atoms with Crippen molar-refractivity contribution < 1.29 is 8.42 Å². The molecule has 0 saturated carbocycles. The van der Waals surface area contributed by atoms with Crippen LogP contribution in [-0.4, -0.2) is 57.2 Å². The zero-order chi connectivity index (χ0) is 15.0. The van der Waals surface area contributed by atoms with Crippen molar-refractivity contribution in [2.75, 3.05) is 49.7 Å². The van der Waals surface area contributed by atoms with Crippen LogP contribution in [0.1, 0.15) is 0 Å². The second-order valence-electron chi connectivity index (χ2n) is 5.07. The number of benzene rings is 1. The van der Waals surface area contributed by atoms with Crippen molar-refractivity contribution in [1.82, 2.24) is 9.29 Å². The third kappa shape index (κ3) is 2.97. The number of hydrogen-bond acceptors (Lipinski definition) is 6. The molecule has 114 valence electrons. The summed E-state index contributed by atoms with van der Waals surface area (Å²) in [4.78, 5) is 6.69. The van der Waals surface area contributed by atoms with E-state index in [0.29, 0.717) is 13.1 Å². The number of nitrogens with one attached hydrogen (secondary N) is 1. The minimum absolute atomic E-state index is 0.543. The van der Waals surface area contributed by atoms with Gasteiger partial charge >= 0.3 is 0 Å². The first kappa shape index (κ1) is 14.6. The lowest BCUT2D eigenvalue weighted by molar-refractivity contribution is 0.388. The highest BCUT2D eigenvalue weighted by atomic mass is 32.2. The summed E-state index contributed by atoms with van der Waals surface area (Å²) >= 11 is 1.63. The summed E-state index contributed by atoms with van der Waals surface area (Å²) in [5, 5.41) is 3.96. The molecule has 1 N–H and O–H groups in total. The van der Waals surface area contributed by atoms with Crippen LogP contribution in [0.2, 0.25) is 0 Å². The Hall–Kier alpha value is -1.38. The van der Waals surface area contributed by atoms with Crippen molar-refractivity contribution in [2.45, 2.75) is 0 Å². The fourth-order valence-electron chi connectivity index (χ4n) is 2.49. The van der Waals surface area contributed by atoms with E-state index in [4.69, 9.17) is 0 Å². The molecule has 0 radical (unpaired) electrons. The monoisotopic (exact) mass is 326 g/mol. The number of aromatic nitrogens is 1. The maximum absolute atomic E-state index is 11.5. The molecule has 3 rings (SSSR count). The molecular formula is C13H18N4O2S2. The van der Waals surface area contributed by atoms with Gasteiger partial charge in [0, 0.05) is 38.9 Å². The molecule has 2 heterocycles. The standard InChI is InChI=1S/C13H18N4O2S2/c1-14-13-15-11-4-3-10(9-12(11)20-13)16-5-7-17(8-6-16)21(2,18)19/h3-4,9H,5-8H2,1-2H3,(H,14,15). The Balaban J connectivity index is 1.79. The maximum Gasteiger partial charge on any atom is 0.211 e. The van der Waals surface area contributed by atoms with E-state index < -0.39 is 10.0 Å². The lowest BCUT2D eigenvalue weighted by atomic mass is 10.2. The molecule has 1 aromatic heterocycles. The predicted molar refractivity (Wildman–Crippen MR) is 87.8 cm³/mol. The molecule has 1 fully saturated rings. The summed E-state index contributed by atoms with van der Waals surface area (Å²) in [5.74, 6) is 0. The van der Waals surface area contributed by atoms with Gasteiger partial charge in [-0.25, -0.2) is 13.4 Å². The average Bonchev–Trinajstić information content (AvgIpc) is 2.88. The molecule has 0 atom stereocenters. The zero-order valence-electron chi connectivity index (χ0n) is 12.0. The topological polar surface area (TPSA) is 65.5 Å². The van der Waals surface area contributed by atoms with Gasteiger partial charge in [0.15, 0.2) is 5.13 Å². The summed E-state index contributed by atoms with van der Waals surface area (Å²) in [6, 6.07) is 6.20. The van der Waals surface area contributed by atoms with Gasteiger partial charge in [-0.05, 0) is 18.2 Å². The van der Waals surface area contributed by atoms with E-state index in [2.05, 4.69) is 27.3 Å². The number of rotatable bonds is 3. The van der Waals surface area contributed by atoms with Crippen molar-refractivity contribution in [3.8, 4) is 0 Å². The number of piperazine rings is 1. The second-order valence-corrected chi connectivity index (χ2v) is 8.08. The van der Waals surface area contributed by atoms with Crippen LogP contribution in [-0.2, 0) is 10.0 Å². The van der Waals surface area contributed by atoms with Crippen molar-refractivity contribution in [1.29, 1.82) is 0 Å². The van der Waals surface area contributed by atoms with Gasteiger partial charge in [0.05, 0.1) is 16.5 Å². The maximum atomic E-state index is 11.5. The minimum Gasteiger partial charge on any atom is -0.369 e. The Kier molecular flexibility index (Phi) is 3.76. The van der Waals surface area contributed by atoms with Gasteiger partial charge < -0.3 is 10.2 Å². The summed E-state index contributed by atoms with van der Waals surface area (Å²) in [6.07, 6.45) is 1.27. The first-order chi connectivity index (χ1) is 9.97. The first-order valence-electron chi connectivity index (χ1n) is 6.76. The van der Waals surface area contributed by atoms with Crippen LogP contribution in [0.15, 0.2) is 18.2 Å². The highest BCUT2D eigenvalue weighted by Crippen LogP contribution is 2.29.